The van der Waals surface area contributed by atoms with E-state index in [9.17, 15) is 9.59 Å². The van der Waals surface area contributed by atoms with Crippen LogP contribution in [0, 0.1) is 5.92 Å². The quantitative estimate of drug-likeness (QED) is 0.565. The second-order valence-electron chi connectivity index (χ2n) is 4.94. The summed E-state index contributed by atoms with van der Waals surface area (Å²) in [5, 5.41) is 5.42. The van der Waals surface area contributed by atoms with Crippen molar-refractivity contribution in [2.75, 3.05) is 20.3 Å². The molecule has 0 saturated heterocycles. The minimum Gasteiger partial charge on any atom is -0.385 e. The van der Waals surface area contributed by atoms with Gasteiger partial charge in [-0.25, -0.2) is 0 Å². The largest absolute Gasteiger partial charge is 0.385 e. The fraction of sp³-hybridized carbons (Fsp3) is 0.846. The second kappa shape index (κ2) is 8.08. The van der Waals surface area contributed by atoms with Crippen molar-refractivity contribution in [2.45, 2.75) is 45.1 Å². The average Bonchev–Trinajstić information content (AvgIpc) is 2.37. The van der Waals surface area contributed by atoms with Crippen molar-refractivity contribution in [3.8, 4) is 0 Å². The van der Waals surface area contributed by atoms with Gasteiger partial charge >= 0.3 is 11.8 Å². The molecule has 1 aliphatic carbocycles. The van der Waals surface area contributed by atoms with Crippen LogP contribution in [-0.4, -0.2) is 38.1 Å². The Morgan fingerprint density at radius 3 is 2.61 bits per heavy atom. The summed E-state index contributed by atoms with van der Waals surface area (Å²) in [4.78, 5) is 23.2. The molecule has 2 amide bonds. The summed E-state index contributed by atoms with van der Waals surface area (Å²) < 4.78 is 4.87. The molecule has 1 aliphatic rings. The Kier molecular flexibility index (Phi) is 6.72. The molecular formula is C13H24N2O3. The summed E-state index contributed by atoms with van der Waals surface area (Å²) in [6, 6.07) is 0.149. The average molecular weight is 256 g/mol. The number of carbonyl (C=O) groups is 2. The third-order valence-electron chi connectivity index (χ3n) is 3.44. The maximum absolute atomic E-state index is 11.7. The summed E-state index contributed by atoms with van der Waals surface area (Å²) in [7, 11) is 1.61. The SMILES string of the molecule is COCCCNC(=O)C(=O)N[C@@H]1CCCC[C@@H]1C. The van der Waals surface area contributed by atoms with Gasteiger partial charge in [-0.3, -0.25) is 9.59 Å². The van der Waals surface area contributed by atoms with Gasteiger partial charge in [-0.05, 0) is 25.2 Å². The van der Waals surface area contributed by atoms with Gasteiger partial charge in [0.2, 0.25) is 0 Å². The summed E-state index contributed by atoms with van der Waals surface area (Å²) in [6.07, 6.45) is 5.17. The maximum atomic E-state index is 11.7. The number of hydrogen-bond acceptors (Lipinski definition) is 3. The molecule has 1 rings (SSSR count). The molecule has 0 bridgehead atoms. The molecule has 1 saturated carbocycles. The summed E-state index contributed by atoms with van der Waals surface area (Å²) in [5.41, 5.74) is 0. The molecule has 1 fully saturated rings. The van der Waals surface area contributed by atoms with Crippen molar-refractivity contribution in [1.29, 1.82) is 0 Å². The van der Waals surface area contributed by atoms with E-state index in [4.69, 9.17) is 4.74 Å². The lowest BCUT2D eigenvalue weighted by Crippen LogP contribution is -2.47. The molecule has 2 N–H and O–H groups in total. The minimum absolute atomic E-state index is 0.149. The van der Waals surface area contributed by atoms with Gasteiger partial charge in [-0.15, -0.1) is 0 Å². The van der Waals surface area contributed by atoms with Crippen LogP contribution in [0.5, 0.6) is 0 Å². The first-order valence-corrected chi connectivity index (χ1v) is 6.72. The Morgan fingerprint density at radius 1 is 1.22 bits per heavy atom. The van der Waals surface area contributed by atoms with Crippen molar-refractivity contribution in [1.82, 2.24) is 10.6 Å². The van der Waals surface area contributed by atoms with Gasteiger partial charge < -0.3 is 15.4 Å². The molecule has 5 nitrogen and oxygen atoms in total. The van der Waals surface area contributed by atoms with Gasteiger partial charge in [0.15, 0.2) is 0 Å². The number of carbonyl (C=O) groups excluding carboxylic acids is 2. The number of ether oxygens (including phenoxy) is 1. The van der Waals surface area contributed by atoms with E-state index in [2.05, 4.69) is 17.6 Å². The molecule has 18 heavy (non-hydrogen) atoms. The van der Waals surface area contributed by atoms with Gasteiger partial charge in [0.05, 0.1) is 0 Å². The van der Waals surface area contributed by atoms with Crippen LogP contribution >= 0.6 is 0 Å². The van der Waals surface area contributed by atoms with Crippen LogP contribution in [0.25, 0.3) is 0 Å². The molecule has 0 aromatic carbocycles. The van der Waals surface area contributed by atoms with Crippen LogP contribution in [0.15, 0.2) is 0 Å². The zero-order valence-electron chi connectivity index (χ0n) is 11.3. The summed E-state index contributed by atoms with van der Waals surface area (Å²) >= 11 is 0. The Balaban J connectivity index is 2.24. The van der Waals surface area contributed by atoms with Crippen LogP contribution in [0.3, 0.4) is 0 Å². The van der Waals surface area contributed by atoms with Crippen LogP contribution in [-0.2, 0) is 14.3 Å². The Labute approximate surface area is 109 Å². The molecule has 0 heterocycles. The summed E-state index contributed by atoms with van der Waals surface area (Å²) in [6.45, 7) is 3.18. The Morgan fingerprint density at radius 2 is 1.94 bits per heavy atom. The predicted octanol–water partition coefficient (Wildman–Crippen LogP) is 0.834. The van der Waals surface area contributed by atoms with E-state index >= 15 is 0 Å². The second-order valence-corrected chi connectivity index (χ2v) is 4.94. The molecule has 104 valence electrons. The van der Waals surface area contributed by atoms with Gasteiger partial charge in [0, 0.05) is 26.3 Å². The van der Waals surface area contributed by atoms with Crippen molar-refractivity contribution in [2.24, 2.45) is 5.92 Å². The van der Waals surface area contributed by atoms with Crippen molar-refractivity contribution >= 4 is 11.8 Å². The molecular weight excluding hydrogens is 232 g/mol. The highest BCUT2D eigenvalue weighted by Gasteiger charge is 2.25. The zero-order chi connectivity index (χ0) is 13.4. The van der Waals surface area contributed by atoms with Gasteiger partial charge in [0.1, 0.15) is 0 Å². The topological polar surface area (TPSA) is 67.4 Å². The normalized spacial score (nSPS) is 23.4. The standard InChI is InChI=1S/C13H24N2O3/c1-10-6-3-4-7-11(10)15-13(17)12(16)14-8-5-9-18-2/h10-11H,3-9H2,1-2H3,(H,14,16)(H,15,17)/t10-,11+/m0/s1. The van der Waals surface area contributed by atoms with Crippen LogP contribution in [0.4, 0.5) is 0 Å². The van der Waals surface area contributed by atoms with Crippen molar-refractivity contribution < 1.29 is 14.3 Å². The number of amides is 2. The van der Waals surface area contributed by atoms with Crippen LogP contribution in [0.2, 0.25) is 0 Å². The van der Waals surface area contributed by atoms with Crippen LogP contribution in [0.1, 0.15) is 39.0 Å². The van der Waals surface area contributed by atoms with E-state index in [1.165, 1.54) is 6.42 Å². The molecule has 2 atom stereocenters. The molecule has 5 heteroatoms. The molecule has 0 spiro atoms. The molecule has 0 aromatic rings. The summed E-state index contributed by atoms with van der Waals surface area (Å²) in [5.74, 6) is -0.584. The van der Waals surface area contributed by atoms with E-state index < -0.39 is 11.8 Å². The molecule has 0 unspecified atom stereocenters. The first kappa shape index (κ1) is 15.0. The van der Waals surface area contributed by atoms with Crippen molar-refractivity contribution in [3.05, 3.63) is 0 Å². The van der Waals surface area contributed by atoms with E-state index in [0.29, 0.717) is 19.1 Å². The molecule has 0 radical (unpaired) electrons. The smallest absolute Gasteiger partial charge is 0.309 e. The third-order valence-corrected chi connectivity index (χ3v) is 3.44. The van der Waals surface area contributed by atoms with E-state index in [-0.39, 0.29) is 6.04 Å². The highest BCUT2D eigenvalue weighted by atomic mass is 16.5. The lowest BCUT2D eigenvalue weighted by molar-refractivity contribution is -0.140. The fourth-order valence-electron chi connectivity index (χ4n) is 2.26. The van der Waals surface area contributed by atoms with Gasteiger partial charge in [-0.2, -0.15) is 0 Å². The minimum atomic E-state index is -0.538. The number of nitrogens with one attached hydrogen (secondary N) is 2. The third kappa shape index (κ3) is 5.04. The molecule has 0 aromatic heterocycles. The number of rotatable bonds is 5. The maximum Gasteiger partial charge on any atom is 0.309 e. The lowest BCUT2D eigenvalue weighted by atomic mass is 9.86. The molecule has 0 aliphatic heterocycles. The Hall–Kier alpha value is -1.10. The Bertz CT molecular complexity index is 281. The van der Waals surface area contributed by atoms with Gasteiger partial charge in [-0.1, -0.05) is 19.8 Å². The van der Waals surface area contributed by atoms with Gasteiger partial charge in [0.25, 0.3) is 0 Å². The lowest BCUT2D eigenvalue weighted by Gasteiger charge is -2.29. The fourth-order valence-corrected chi connectivity index (χ4v) is 2.26. The zero-order valence-corrected chi connectivity index (χ0v) is 11.3. The van der Waals surface area contributed by atoms with E-state index in [0.717, 1.165) is 25.7 Å². The van der Waals surface area contributed by atoms with E-state index in [1.807, 2.05) is 0 Å². The van der Waals surface area contributed by atoms with Crippen molar-refractivity contribution in [3.63, 3.8) is 0 Å². The highest BCUT2D eigenvalue weighted by molar-refractivity contribution is 6.35. The first-order chi connectivity index (χ1) is 8.65. The monoisotopic (exact) mass is 256 g/mol. The van der Waals surface area contributed by atoms with E-state index in [1.54, 1.807) is 7.11 Å². The predicted molar refractivity (Wildman–Crippen MR) is 69.1 cm³/mol. The first-order valence-electron chi connectivity index (χ1n) is 6.72. The van der Waals surface area contributed by atoms with Crippen LogP contribution < -0.4 is 10.6 Å². The highest BCUT2D eigenvalue weighted by Crippen LogP contribution is 2.23. The number of methoxy groups -OCH3 is 1. The number of hydrogen-bond donors (Lipinski definition) is 2.